The number of phenols is 1. The van der Waals surface area contributed by atoms with Gasteiger partial charge in [-0.15, -0.1) is 0 Å². The number of halogens is 1. The summed E-state index contributed by atoms with van der Waals surface area (Å²) in [5, 5.41) is 9.89. The average molecular weight is 332 g/mol. The van der Waals surface area contributed by atoms with Gasteiger partial charge in [-0.25, -0.2) is 0 Å². The molecule has 0 unspecified atom stereocenters. The van der Waals surface area contributed by atoms with E-state index in [1.54, 1.807) is 36.4 Å². The van der Waals surface area contributed by atoms with E-state index in [0.29, 0.717) is 24.0 Å². The van der Waals surface area contributed by atoms with Crippen molar-refractivity contribution in [2.75, 3.05) is 19.7 Å². The number of nitrogens with zero attached hydrogens (tertiary/aromatic N) is 1. The van der Waals surface area contributed by atoms with E-state index in [4.69, 9.17) is 16.3 Å². The molecule has 4 nitrogen and oxygen atoms in total. The van der Waals surface area contributed by atoms with Crippen molar-refractivity contribution in [2.45, 2.75) is 6.42 Å². The highest BCUT2D eigenvalue weighted by Gasteiger charge is 2.30. The molecule has 1 saturated heterocycles. The van der Waals surface area contributed by atoms with Crippen molar-refractivity contribution in [3.63, 3.8) is 0 Å². The fraction of sp³-hybridized carbons (Fsp3) is 0.278. The van der Waals surface area contributed by atoms with Crippen LogP contribution in [0.4, 0.5) is 0 Å². The van der Waals surface area contributed by atoms with Crippen LogP contribution in [0.1, 0.15) is 5.56 Å². The van der Waals surface area contributed by atoms with E-state index in [9.17, 15) is 9.90 Å². The molecule has 0 aromatic heterocycles. The van der Waals surface area contributed by atoms with E-state index >= 15 is 0 Å². The maximum atomic E-state index is 12.2. The van der Waals surface area contributed by atoms with E-state index < -0.39 is 0 Å². The van der Waals surface area contributed by atoms with Gasteiger partial charge in [-0.05, 0) is 42.0 Å². The van der Waals surface area contributed by atoms with E-state index in [1.807, 2.05) is 17.0 Å². The minimum Gasteiger partial charge on any atom is -0.508 e. The number of phenolic OH excluding ortho intramolecular Hbond substituents is 1. The summed E-state index contributed by atoms with van der Waals surface area (Å²) in [6.07, 6.45) is 0.405. The number of likely N-dealkylation sites (tertiary alicyclic amines) is 1. The number of carbonyl (C=O) groups excluding carboxylic acids is 1. The maximum absolute atomic E-state index is 12.2. The minimum atomic E-state index is 0.133. The van der Waals surface area contributed by atoms with Crippen LogP contribution in [-0.4, -0.2) is 35.6 Å². The van der Waals surface area contributed by atoms with Gasteiger partial charge >= 0.3 is 0 Å². The second-order valence-electron chi connectivity index (χ2n) is 5.77. The molecule has 2 aromatic carbocycles. The average Bonchev–Trinajstić information content (AvgIpc) is 2.50. The second-order valence-corrected chi connectivity index (χ2v) is 6.21. The van der Waals surface area contributed by atoms with E-state index in [1.165, 1.54) is 0 Å². The molecule has 5 heteroatoms. The molecule has 1 heterocycles. The number of hydrogen-bond donors (Lipinski definition) is 1. The summed E-state index contributed by atoms with van der Waals surface area (Å²) < 4.78 is 5.66. The molecule has 1 aliphatic heterocycles. The summed E-state index contributed by atoms with van der Waals surface area (Å²) in [6, 6.07) is 14.0. The van der Waals surface area contributed by atoms with Crippen LogP contribution < -0.4 is 4.74 Å². The predicted octanol–water partition coefficient (Wildman–Crippen LogP) is 3.13. The molecule has 0 bridgehead atoms. The van der Waals surface area contributed by atoms with Gasteiger partial charge in [0.25, 0.3) is 0 Å². The molecule has 1 amide bonds. The molecule has 2 aromatic rings. The Labute approximate surface area is 140 Å². The molecule has 23 heavy (non-hydrogen) atoms. The Morgan fingerprint density at radius 2 is 1.78 bits per heavy atom. The van der Waals surface area contributed by atoms with Crippen molar-refractivity contribution in [1.82, 2.24) is 4.90 Å². The van der Waals surface area contributed by atoms with Gasteiger partial charge in [-0.3, -0.25) is 4.79 Å². The second kappa shape index (κ2) is 6.92. The summed E-state index contributed by atoms with van der Waals surface area (Å²) in [7, 11) is 0. The van der Waals surface area contributed by atoms with Gasteiger partial charge in [-0.1, -0.05) is 23.7 Å². The Morgan fingerprint density at radius 3 is 2.43 bits per heavy atom. The smallest absolute Gasteiger partial charge is 0.227 e. The Kier molecular flexibility index (Phi) is 4.72. The summed E-state index contributed by atoms with van der Waals surface area (Å²) in [5.41, 5.74) is 0.975. The lowest BCUT2D eigenvalue weighted by Gasteiger charge is -2.39. The molecule has 0 spiro atoms. The first-order valence-corrected chi connectivity index (χ1v) is 7.92. The van der Waals surface area contributed by atoms with E-state index in [-0.39, 0.29) is 11.7 Å². The first kappa shape index (κ1) is 15.7. The largest absolute Gasteiger partial charge is 0.508 e. The number of rotatable bonds is 5. The van der Waals surface area contributed by atoms with Gasteiger partial charge in [0.15, 0.2) is 0 Å². The van der Waals surface area contributed by atoms with Crippen LogP contribution in [0.5, 0.6) is 11.5 Å². The summed E-state index contributed by atoms with van der Waals surface area (Å²) in [4.78, 5) is 14.0. The Hall–Kier alpha value is -2.20. The van der Waals surface area contributed by atoms with Gasteiger partial charge in [0.2, 0.25) is 5.91 Å². The van der Waals surface area contributed by atoms with Crippen LogP contribution in [0.3, 0.4) is 0 Å². The van der Waals surface area contributed by atoms with Crippen molar-refractivity contribution in [3.05, 3.63) is 59.1 Å². The van der Waals surface area contributed by atoms with Gasteiger partial charge in [-0.2, -0.15) is 0 Å². The van der Waals surface area contributed by atoms with Crippen LogP contribution >= 0.6 is 11.6 Å². The van der Waals surface area contributed by atoms with Crippen molar-refractivity contribution in [3.8, 4) is 11.5 Å². The van der Waals surface area contributed by atoms with Crippen LogP contribution in [0, 0.1) is 5.92 Å². The van der Waals surface area contributed by atoms with Crippen LogP contribution in [0.25, 0.3) is 0 Å². The monoisotopic (exact) mass is 331 g/mol. The summed E-state index contributed by atoms with van der Waals surface area (Å²) >= 11 is 5.84. The molecule has 120 valence electrons. The maximum Gasteiger partial charge on any atom is 0.227 e. The molecule has 1 fully saturated rings. The molecule has 1 aliphatic rings. The summed E-state index contributed by atoms with van der Waals surface area (Å²) in [5.74, 6) is 1.44. The molecule has 0 aliphatic carbocycles. The quantitative estimate of drug-likeness (QED) is 0.915. The number of aromatic hydroxyl groups is 1. The fourth-order valence-electron chi connectivity index (χ4n) is 2.52. The minimum absolute atomic E-state index is 0.133. The number of benzene rings is 2. The highest BCUT2D eigenvalue weighted by Crippen LogP contribution is 2.21. The zero-order valence-corrected chi connectivity index (χ0v) is 13.4. The lowest BCUT2D eigenvalue weighted by Crippen LogP contribution is -2.52. The van der Waals surface area contributed by atoms with Gasteiger partial charge < -0.3 is 14.7 Å². The van der Waals surface area contributed by atoms with Crippen molar-refractivity contribution in [1.29, 1.82) is 0 Å². The predicted molar refractivity (Wildman–Crippen MR) is 88.8 cm³/mol. The Balaban J connectivity index is 1.41. The molecular formula is C18H18ClNO3. The van der Waals surface area contributed by atoms with Crippen LogP contribution in [-0.2, 0) is 11.2 Å². The molecule has 0 radical (unpaired) electrons. The zero-order valence-electron chi connectivity index (χ0n) is 12.6. The molecular weight excluding hydrogens is 314 g/mol. The van der Waals surface area contributed by atoms with Gasteiger partial charge in [0.05, 0.1) is 13.0 Å². The van der Waals surface area contributed by atoms with Crippen molar-refractivity contribution in [2.24, 2.45) is 5.92 Å². The van der Waals surface area contributed by atoms with Gasteiger partial charge in [0.1, 0.15) is 11.5 Å². The standard InChI is InChI=1S/C18H18ClNO3/c19-15-3-1-13(2-4-15)9-18(22)20-10-14(11-20)12-23-17-7-5-16(21)6-8-17/h1-8,14,21H,9-12H2. The topological polar surface area (TPSA) is 49.8 Å². The van der Waals surface area contributed by atoms with Crippen LogP contribution in [0.2, 0.25) is 5.02 Å². The Bertz CT molecular complexity index is 664. The van der Waals surface area contributed by atoms with Gasteiger partial charge in [0, 0.05) is 24.0 Å². The number of carbonyl (C=O) groups is 1. The lowest BCUT2D eigenvalue weighted by molar-refractivity contribution is -0.137. The zero-order chi connectivity index (χ0) is 16.2. The number of amides is 1. The molecule has 0 saturated carbocycles. The third-order valence-corrected chi connectivity index (χ3v) is 4.15. The van der Waals surface area contributed by atoms with E-state index in [2.05, 4.69) is 0 Å². The van der Waals surface area contributed by atoms with Crippen molar-refractivity contribution >= 4 is 17.5 Å². The van der Waals surface area contributed by atoms with E-state index in [0.717, 1.165) is 24.4 Å². The van der Waals surface area contributed by atoms with Crippen molar-refractivity contribution < 1.29 is 14.6 Å². The van der Waals surface area contributed by atoms with Crippen LogP contribution in [0.15, 0.2) is 48.5 Å². The first-order valence-electron chi connectivity index (χ1n) is 7.54. The molecule has 3 rings (SSSR count). The normalized spacial score (nSPS) is 14.4. The third kappa shape index (κ3) is 4.17. The fourth-order valence-corrected chi connectivity index (χ4v) is 2.65. The molecule has 0 atom stereocenters. The SMILES string of the molecule is O=C(Cc1ccc(Cl)cc1)N1CC(COc2ccc(O)cc2)C1. The highest BCUT2D eigenvalue weighted by molar-refractivity contribution is 6.30. The number of hydrogen-bond acceptors (Lipinski definition) is 3. The third-order valence-electron chi connectivity index (χ3n) is 3.90. The lowest BCUT2D eigenvalue weighted by atomic mass is 10.00. The first-order chi connectivity index (χ1) is 11.1. The highest BCUT2D eigenvalue weighted by atomic mass is 35.5. The molecule has 1 N–H and O–H groups in total. The Morgan fingerprint density at radius 1 is 1.13 bits per heavy atom. The number of ether oxygens (including phenoxy) is 1. The summed E-state index contributed by atoms with van der Waals surface area (Å²) in [6.45, 7) is 2.03.